The van der Waals surface area contributed by atoms with Gasteiger partial charge in [-0.15, -0.1) is 11.3 Å². The summed E-state index contributed by atoms with van der Waals surface area (Å²) in [6.45, 7) is 1.86. The molecule has 0 radical (unpaired) electrons. The van der Waals surface area contributed by atoms with Crippen LogP contribution in [0.15, 0.2) is 16.6 Å². The molecule has 9 heteroatoms. The highest BCUT2D eigenvalue weighted by molar-refractivity contribution is 7.91. The minimum Gasteiger partial charge on any atom is -0.384 e. The second kappa shape index (κ2) is 4.67. The Morgan fingerprint density at radius 3 is 2.72 bits per heavy atom. The molecule has 0 aliphatic heterocycles. The monoisotopic (exact) mass is 287 g/mol. The SMILES string of the molecule is Cc1ncc(S(=O)(=O)NCc2cnn(C)c2N)s1. The van der Waals surface area contributed by atoms with Crippen LogP contribution in [-0.4, -0.2) is 23.2 Å². The number of sulfonamides is 1. The number of hydrogen-bond acceptors (Lipinski definition) is 6. The van der Waals surface area contributed by atoms with Crippen molar-refractivity contribution in [1.82, 2.24) is 19.5 Å². The molecule has 0 aliphatic carbocycles. The lowest BCUT2D eigenvalue weighted by molar-refractivity contribution is 0.583. The van der Waals surface area contributed by atoms with E-state index in [0.29, 0.717) is 16.4 Å². The molecule has 0 aromatic carbocycles. The van der Waals surface area contributed by atoms with Gasteiger partial charge in [-0.05, 0) is 6.92 Å². The second-order valence-corrected chi connectivity index (χ2v) is 6.93. The summed E-state index contributed by atoms with van der Waals surface area (Å²) in [7, 11) is -1.84. The van der Waals surface area contributed by atoms with E-state index in [1.807, 2.05) is 0 Å². The van der Waals surface area contributed by atoms with Crippen LogP contribution in [0.1, 0.15) is 10.6 Å². The fraction of sp³-hybridized carbons (Fsp3) is 0.333. The van der Waals surface area contributed by atoms with Gasteiger partial charge in [0.2, 0.25) is 0 Å². The second-order valence-electron chi connectivity index (χ2n) is 3.70. The molecule has 7 nitrogen and oxygen atoms in total. The van der Waals surface area contributed by atoms with Crippen LogP contribution in [0.3, 0.4) is 0 Å². The van der Waals surface area contributed by atoms with Gasteiger partial charge in [0, 0.05) is 19.2 Å². The van der Waals surface area contributed by atoms with Crippen LogP contribution in [0.5, 0.6) is 0 Å². The number of nitrogens with two attached hydrogens (primary N) is 1. The van der Waals surface area contributed by atoms with Gasteiger partial charge in [-0.25, -0.2) is 18.1 Å². The van der Waals surface area contributed by atoms with E-state index in [4.69, 9.17) is 5.73 Å². The largest absolute Gasteiger partial charge is 0.384 e. The first-order valence-corrected chi connectivity index (χ1v) is 7.38. The number of hydrogen-bond donors (Lipinski definition) is 2. The van der Waals surface area contributed by atoms with Gasteiger partial charge in [-0.2, -0.15) is 5.10 Å². The van der Waals surface area contributed by atoms with Crippen molar-refractivity contribution < 1.29 is 8.42 Å². The number of anilines is 1. The molecule has 2 aromatic heterocycles. The maximum Gasteiger partial charge on any atom is 0.251 e. The minimum absolute atomic E-state index is 0.110. The molecule has 3 N–H and O–H groups in total. The molecule has 18 heavy (non-hydrogen) atoms. The van der Waals surface area contributed by atoms with Crippen molar-refractivity contribution in [2.24, 2.45) is 7.05 Å². The number of aryl methyl sites for hydroxylation is 2. The third-order valence-electron chi connectivity index (χ3n) is 2.38. The Labute approximate surface area is 109 Å². The number of nitrogen functional groups attached to an aromatic ring is 1. The summed E-state index contributed by atoms with van der Waals surface area (Å²) in [6, 6.07) is 0. The third kappa shape index (κ3) is 2.52. The average molecular weight is 287 g/mol. The van der Waals surface area contributed by atoms with Gasteiger partial charge < -0.3 is 5.73 Å². The average Bonchev–Trinajstić information content (AvgIpc) is 2.86. The summed E-state index contributed by atoms with van der Waals surface area (Å²) in [4.78, 5) is 3.92. The highest BCUT2D eigenvalue weighted by Gasteiger charge is 2.17. The van der Waals surface area contributed by atoms with Gasteiger partial charge >= 0.3 is 0 Å². The zero-order valence-corrected chi connectivity index (χ0v) is 11.5. The van der Waals surface area contributed by atoms with Crippen LogP contribution in [0.25, 0.3) is 0 Å². The number of nitrogens with one attached hydrogen (secondary N) is 1. The summed E-state index contributed by atoms with van der Waals surface area (Å²) < 4.78 is 28.0. The van der Waals surface area contributed by atoms with Crippen LogP contribution in [-0.2, 0) is 23.6 Å². The maximum absolute atomic E-state index is 11.9. The number of nitrogens with zero attached hydrogens (tertiary/aromatic N) is 3. The molecule has 98 valence electrons. The zero-order valence-electron chi connectivity index (χ0n) is 9.91. The molecular weight excluding hydrogens is 274 g/mol. The zero-order chi connectivity index (χ0) is 13.3. The summed E-state index contributed by atoms with van der Waals surface area (Å²) in [5.74, 6) is 0.443. The van der Waals surface area contributed by atoms with Crippen molar-refractivity contribution >= 4 is 27.2 Å². The van der Waals surface area contributed by atoms with E-state index in [1.54, 1.807) is 14.0 Å². The van der Waals surface area contributed by atoms with Crippen molar-refractivity contribution in [1.29, 1.82) is 0 Å². The van der Waals surface area contributed by atoms with Crippen molar-refractivity contribution in [2.45, 2.75) is 17.7 Å². The van der Waals surface area contributed by atoms with E-state index in [2.05, 4.69) is 14.8 Å². The number of aromatic nitrogens is 3. The van der Waals surface area contributed by atoms with Crippen LogP contribution in [0, 0.1) is 6.92 Å². The van der Waals surface area contributed by atoms with Gasteiger partial charge in [0.05, 0.1) is 17.4 Å². The fourth-order valence-corrected chi connectivity index (χ4v) is 3.50. The van der Waals surface area contributed by atoms with Crippen LogP contribution >= 0.6 is 11.3 Å². The Balaban J connectivity index is 2.13. The Bertz CT molecular complexity index is 658. The summed E-state index contributed by atoms with van der Waals surface area (Å²) in [6.07, 6.45) is 2.88. The first-order chi connectivity index (χ1) is 8.40. The van der Waals surface area contributed by atoms with Gasteiger partial charge in [0.15, 0.2) is 4.21 Å². The Morgan fingerprint density at radius 2 is 2.22 bits per heavy atom. The van der Waals surface area contributed by atoms with E-state index < -0.39 is 10.0 Å². The molecule has 0 spiro atoms. The van der Waals surface area contributed by atoms with Gasteiger partial charge in [0.25, 0.3) is 10.0 Å². The lowest BCUT2D eigenvalue weighted by Gasteiger charge is -2.03. The molecule has 2 heterocycles. The quantitative estimate of drug-likeness (QED) is 0.839. The topological polar surface area (TPSA) is 103 Å². The predicted octanol–water partition coefficient (Wildman–Crippen LogP) is 0.246. The predicted molar refractivity (Wildman–Crippen MR) is 68.5 cm³/mol. The molecular formula is C9H13N5O2S2. The van der Waals surface area contributed by atoms with Gasteiger partial charge in [0.1, 0.15) is 5.82 Å². The minimum atomic E-state index is -3.53. The molecule has 0 amide bonds. The molecule has 0 bridgehead atoms. The van der Waals surface area contributed by atoms with Crippen LogP contribution < -0.4 is 10.5 Å². The van der Waals surface area contributed by atoms with Gasteiger partial charge in [-0.1, -0.05) is 0 Å². The van der Waals surface area contributed by atoms with E-state index in [-0.39, 0.29) is 10.8 Å². The number of rotatable bonds is 4. The lowest BCUT2D eigenvalue weighted by atomic mass is 10.3. The molecule has 0 saturated heterocycles. The Morgan fingerprint density at radius 1 is 1.50 bits per heavy atom. The molecule has 0 atom stereocenters. The van der Waals surface area contributed by atoms with E-state index in [0.717, 1.165) is 11.3 Å². The number of thiazole rings is 1. The highest BCUT2D eigenvalue weighted by atomic mass is 32.2. The smallest absolute Gasteiger partial charge is 0.251 e. The Kier molecular flexibility index (Phi) is 3.37. The fourth-order valence-electron chi connectivity index (χ4n) is 1.34. The van der Waals surface area contributed by atoms with E-state index in [1.165, 1.54) is 17.1 Å². The highest BCUT2D eigenvalue weighted by Crippen LogP contribution is 2.18. The van der Waals surface area contributed by atoms with E-state index >= 15 is 0 Å². The molecule has 0 saturated carbocycles. The summed E-state index contributed by atoms with van der Waals surface area (Å²) in [5, 5.41) is 4.65. The van der Waals surface area contributed by atoms with Crippen LogP contribution in [0.4, 0.5) is 5.82 Å². The summed E-state index contributed by atoms with van der Waals surface area (Å²) in [5.41, 5.74) is 6.37. The van der Waals surface area contributed by atoms with Crippen molar-refractivity contribution in [3.05, 3.63) is 23.0 Å². The molecule has 2 rings (SSSR count). The standard InChI is InChI=1S/C9H13N5O2S2/c1-6-11-5-8(17-6)18(15,16)13-4-7-3-12-14(2)9(7)10/h3,5,13H,4,10H2,1-2H3. The first kappa shape index (κ1) is 13.0. The molecule has 0 fully saturated rings. The van der Waals surface area contributed by atoms with Gasteiger partial charge in [-0.3, -0.25) is 4.68 Å². The van der Waals surface area contributed by atoms with Crippen molar-refractivity contribution in [3.63, 3.8) is 0 Å². The Hall–Kier alpha value is -1.45. The van der Waals surface area contributed by atoms with Crippen LogP contribution in [0.2, 0.25) is 0 Å². The molecule has 2 aromatic rings. The lowest BCUT2D eigenvalue weighted by Crippen LogP contribution is -2.22. The first-order valence-electron chi connectivity index (χ1n) is 5.08. The normalized spacial score (nSPS) is 11.9. The maximum atomic E-state index is 11.9. The molecule has 0 aliphatic rings. The third-order valence-corrected chi connectivity index (χ3v) is 5.16. The van der Waals surface area contributed by atoms with E-state index in [9.17, 15) is 8.42 Å². The van der Waals surface area contributed by atoms with Crippen molar-refractivity contribution in [2.75, 3.05) is 5.73 Å². The van der Waals surface area contributed by atoms with Crippen molar-refractivity contribution in [3.8, 4) is 0 Å². The molecule has 0 unspecified atom stereocenters. The summed E-state index contributed by atoms with van der Waals surface area (Å²) >= 11 is 1.13.